The lowest BCUT2D eigenvalue weighted by molar-refractivity contribution is 0.0724. The first-order valence-corrected chi connectivity index (χ1v) is 7.46. The molecule has 0 aliphatic rings. The molecule has 0 unspecified atom stereocenters. The van der Waals surface area contributed by atoms with Crippen LogP contribution in [0.3, 0.4) is 0 Å². The molecule has 1 amide bonds. The number of fused-ring (bicyclic) bond motifs is 1. The molecule has 2 heterocycles. The third kappa shape index (κ3) is 2.47. The maximum absolute atomic E-state index is 12.5. The van der Waals surface area contributed by atoms with Gasteiger partial charge in [-0.05, 0) is 30.5 Å². The third-order valence-corrected chi connectivity index (χ3v) is 4.09. The number of hydrogen-bond acceptors (Lipinski definition) is 3. The van der Waals surface area contributed by atoms with Gasteiger partial charge < -0.3 is 9.32 Å². The van der Waals surface area contributed by atoms with E-state index in [1.165, 1.54) is 4.88 Å². The number of carbonyl (C=O) groups excluding carboxylic acids is 1. The van der Waals surface area contributed by atoms with E-state index in [4.69, 9.17) is 4.42 Å². The quantitative estimate of drug-likeness (QED) is 0.721. The highest BCUT2D eigenvalue weighted by molar-refractivity contribution is 7.09. The molecule has 0 atom stereocenters. The van der Waals surface area contributed by atoms with Gasteiger partial charge in [-0.15, -0.1) is 11.3 Å². The van der Waals surface area contributed by atoms with Crippen molar-refractivity contribution in [3.05, 3.63) is 58.5 Å². The monoisotopic (exact) mass is 285 g/mol. The van der Waals surface area contributed by atoms with E-state index in [1.54, 1.807) is 16.2 Å². The molecule has 0 aliphatic heterocycles. The molecule has 2 aromatic heterocycles. The van der Waals surface area contributed by atoms with Crippen LogP contribution in [0.25, 0.3) is 11.0 Å². The molecule has 0 spiro atoms. The average Bonchev–Trinajstić information content (AvgIpc) is 3.12. The lowest BCUT2D eigenvalue weighted by Gasteiger charge is -2.18. The second kappa shape index (κ2) is 5.51. The van der Waals surface area contributed by atoms with Crippen LogP contribution in [0.15, 0.2) is 52.3 Å². The maximum atomic E-state index is 12.5. The van der Waals surface area contributed by atoms with Gasteiger partial charge in [0, 0.05) is 16.8 Å². The summed E-state index contributed by atoms with van der Waals surface area (Å²) < 4.78 is 5.64. The van der Waals surface area contributed by atoms with Gasteiger partial charge in [-0.2, -0.15) is 0 Å². The van der Waals surface area contributed by atoms with Crippen molar-refractivity contribution in [2.75, 3.05) is 6.54 Å². The standard InChI is InChI=1S/C16H15NO2S/c1-2-17(11-13-7-5-9-20-13)16(18)15-10-12-6-3-4-8-14(12)19-15/h3-10H,2,11H2,1H3. The lowest BCUT2D eigenvalue weighted by atomic mass is 10.2. The molecule has 0 radical (unpaired) electrons. The van der Waals surface area contributed by atoms with Gasteiger partial charge in [0.05, 0.1) is 6.54 Å². The summed E-state index contributed by atoms with van der Waals surface area (Å²) in [5.74, 6) is 0.349. The summed E-state index contributed by atoms with van der Waals surface area (Å²) in [6, 6.07) is 13.5. The van der Waals surface area contributed by atoms with Gasteiger partial charge >= 0.3 is 0 Å². The fourth-order valence-electron chi connectivity index (χ4n) is 2.16. The van der Waals surface area contributed by atoms with E-state index in [0.717, 1.165) is 11.0 Å². The Labute approximate surface area is 121 Å². The second-order valence-corrected chi connectivity index (χ2v) is 5.58. The number of carbonyl (C=O) groups is 1. The summed E-state index contributed by atoms with van der Waals surface area (Å²) in [7, 11) is 0. The van der Waals surface area contributed by atoms with Crippen LogP contribution in [0.2, 0.25) is 0 Å². The smallest absolute Gasteiger partial charge is 0.289 e. The number of benzene rings is 1. The molecule has 3 nitrogen and oxygen atoms in total. The summed E-state index contributed by atoms with van der Waals surface area (Å²) in [6.07, 6.45) is 0. The third-order valence-electron chi connectivity index (χ3n) is 3.23. The van der Waals surface area contributed by atoms with Gasteiger partial charge in [0.15, 0.2) is 5.76 Å². The van der Waals surface area contributed by atoms with Crippen LogP contribution >= 0.6 is 11.3 Å². The Morgan fingerprint density at radius 1 is 1.25 bits per heavy atom. The van der Waals surface area contributed by atoms with Gasteiger partial charge in [-0.1, -0.05) is 24.3 Å². The van der Waals surface area contributed by atoms with E-state index in [0.29, 0.717) is 18.8 Å². The lowest BCUT2D eigenvalue weighted by Crippen LogP contribution is -2.29. The maximum Gasteiger partial charge on any atom is 0.289 e. The van der Waals surface area contributed by atoms with Gasteiger partial charge in [0.2, 0.25) is 0 Å². The van der Waals surface area contributed by atoms with E-state index >= 15 is 0 Å². The van der Waals surface area contributed by atoms with Crippen molar-refractivity contribution in [1.82, 2.24) is 4.90 Å². The molecule has 0 fully saturated rings. The molecule has 1 aromatic carbocycles. The number of amides is 1. The zero-order chi connectivity index (χ0) is 13.9. The minimum atomic E-state index is -0.0582. The first kappa shape index (κ1) is 12.9. The minimum Gasteiger partial charge on any atom is -0.451 e. The Kier molecular flexibility index (Phi) is 3.56. The minimum absolute atomic E-state index is 0.0582. The van der Waals surface area contributed by atoms with E-state index < -0.39 is 0 Å². The van der Waals surface area contributed by atoms with Crippen molar-refractivity contribution in [1.29, 1.82) is 0 Å². The highest BCUT2D eigenvalue weighted by atomic mass is 32.1. The predicted octanol–water partition coefficient (Wildman–Crippen LogP) is 4.16. The van der Waals surface area contributed by atoms with Gasteiger partial charge in [0.1, 0.15) is 5.58 Å². The van der Waals surface area contributed by atoms with Gasteiger partial charge in [-0.3, -0.25) is 4.79 Å². The molecule has 0 saturated carbocycles. The number of nitrogens with zero attached hydrogens (tertiary/aromatic N) is 1. The molecular formula is C16H15NO2S. The summed E-state index contributed by atoms with van der Waals surface area (Å²) in [4.78, 5) is 15.5. The van der Waals surface area contributed by atoms with E-state index in [1.807, 2.05) is 54.8 Å². The van der Waals surface area contributed by atoms with Crippen LogP contribution in [0.5, 0.6) is 0 Å². The highest BCUT2D eigenvalue weighted by Crippen LogP contribution is 2.21. The number of thiophene rings is 1. The molecule has 0 saturated heterocycles. The first-order chi connectivity index (χ1) is 9.78. The Balaban J connectivity index is 1.85. The number of para-hydroxylation sites is 1. The van der Waals surface area contributed by atoms with Crippen LogP contribution in [0.1, 0.15) is 22.4 Å². The molecule has 0 N–H and O–H groups in total. The first-order valence-electron chi connectivity index (χ1n) is 6.58. The van der Waals surface area contributed by atoms with E-state index in [2.05, 4.69) is 0 Å². The predicted molar refractivity (Wildman–Crippen MR) is 80.9 cm³/mol. The molecule has 3 aromatic rings. The normalized spacial score (nSPS) is 10.8. The van der Waals surface area contributed by atoms with Crippen molar-refractivity contribution < 1.29 is 9.21 Å². The van der Waals surface area contributed by atoms with Crippen LogP contribution in [0.4, 0.5) is 0 Å². The van der Waals surface area contributed by atoms with Crippen LogP contribution < -0.4 is 0 Å². The molecule has 4 heteroatoms. The van der Waals surface area contributed by atoms with Crippen molar-refractivity contribution in [2.45, 2.75) is 13.5 Å². The van der Waals surface area contributed by atoms with Crippen molar-refractivity contribution in [2.24, 2.45) is 0 Å². The summed E-state index contributed by atoms with van der Waals surface area (Å²) >= 11 is 1.66. The average molecular weight is 285 g/mol. The van der Waals surface area contributed by atoms with Crippen LogP contribution in [-0.2, 0) is 6.54 Å². The Morgan fingerprint density at radius 2 is 2.10 bits per heavy atom. The number of furan rings is 1. The summed E-state index contributed by atoms with van der Waals surface area (Å²) in [6.45, 7) is 3.27. The van der Waals surface area contributed by atoms with Crippen LogP contribution in [0, 0.1) is 0 Å². The summed E-state index contributed by atoms with van der Waals surface area (Å²) in [5.41, 5.74) is 0.753. The van der Waals surface area contributed by atoms with Crippen molar-refractivity contribution >= 4 is 28.2 Å². The molecule has 0 bridgehead atoms. The van der Waals surface area contributed by atoms with Gasteiger partial charge in [0.25, 0.3) is 5.91 Å². The Bertz CT molecular complexity index is 682. The summed E-state index contributed by atoms with van der Waals surface area (Å²) in [5, 5.41) is 2.98. The van der Waals surface area contributed by atoms with E-state index in [-0.39, 0.29) is 5.91 Å². The Morgan fingerprint density at radius 3 is 2.80 bits per heavy atom. The van der Waals surface area contributed by atoms with Crippen molar-refractivity contribution in [3.63, 3.8) is 0 Å². The fourth-order valence-corrected chi connectivity index (χ4v) is 2.88. The largest absolute Gasteiger partial charge is 0.451 e. The fraction of sp³-hybridized carbons (Fsp3) is 0.188. The topological polar surface area (TPSA) is 33.5 Å². The zero-order valence-electron chi connectivity index (χ0n) is 11.2. The molecule has 102 valence electrons. The molecule has 0 aliphatic carbocycles. The molecule has 20 heavy (non-hydrogen) atoms. The van der Waals surface area contributed by atoms with Crippen LogP contribution in [-0.4, -0.2) is 17.4 Å². The number of rotatable bonds is 4. The molecular weight excluding hydrogens is 270 g/mol. The zero-order valence-corrected chi connectivity index (χ0v) is 12.0. The van der Waals surface area contributed by atoms with Gasteiger partial charge in [-0.25, -0.2) is 0 Å². The Hall–Kier alpha value is -2.07. The van der Waals surface area contributed by atoms with Crippen molar-refractivity contribution in [3.8, 4) is 0 Å². The second-order valence-electron chi connectivity index (χ2n) is 4.55. The highest BCUT2D eigenvalue weighted by Gasteiger charge is 2.19. The molecule has 3 rings (SSSR count). The SMILES string of the molecule is CCN(Cc1cccs1)C(=O)c1cc2ccccc2o1. The van der Waals surface area contributed by atoms with E-state index in [9.17, 15) is 4.79 Å². The number of hydrogen-bond donors (Lipinski definition) is 0.